The fraction of sp³-hybridized carbons (Fsp3) is 0.591. The zero-order valence-electron chi connectivity index (χ0n) is 16.3. The number of carbonyl (C=O) groups excluding carboxylic acids is 3. The number of nitrogens with one attached hydrogen (secondary N) is 2. The van der Waals surface area contributed by atoms with Crippen LogP contribution in [0.3, 0.4) is 0 Å². The fourth-order valence-corrected chi connectivity index (χ4v) is 6.67. The van der Waals surface area contributed by atoms with Crippen molar-refractivity contribution in [2.24, 2.45) is 11.8 Å². The van der Waals surface area contributed by atoms with E-state index in [0.717, 1.165) is 19.6 Å². The lowest BCUT2D eigenvalue weighted by Crippen LogP contribution is -2.64. The van der Waals surface area contributed by atoms with E-state index in [-0.39, 0.29) is 23.8 Å². The smallest absolute Gasteiger partial charge is 0.322 e. The van der Waals surface area contributed by atoms with Gasteiger partial charge >= 0.3 is 6.03 Å². The molecular formula is C22H26N4O3. The first kappa shape index (κ1) is 17.4. The molecule has 0 unspecified atom stereocenters. The van der Waals surface area contributed by atoms with Gasteiger partial charge in [0.15, 0.2) is 0 Å². The zero-order valence-corrected chi connectivity index (χ0v) is 16.3. The average molecular weight is 394 g/mol. The van der Waals surface area contributed by atoms with Crippen molar-refractivity contribution >= 4 is 17.8 Å². The summed E-state index contributed by atoms with van der Waals surface area (Å²) >= 11 is 0. The van der Waals surface area contributed by atoms with Gasteiger partial charge in [0.05, 0.1) is 6.04 Å². The van der Waals surface area contributed by atoms with Crippen LogP contribution in [0, 0.1) is 11.8 Å². The standard InChI is InChI=1S/C22H26N4O3/c27-19(15-10-22(11-15)20(28)23-21(29)24-22)26-12-16(13-4-2-1-3-5-13)18-17(26)14-6-8-25(18)9-7-14/h1-5,14-18H,6-12H2,(H2,23,24,28,29)/t15?,16-,17+,18+,22?/m0/s1. The van der Waals surface area contributed by atoms with E-state index in [1.807, 2.05) is 6.07 Å². The summed E-state index contributed by atoms with van der Waals surface area (Å²) in [7, 11) is 0. The number of hydrogen-bond acceptors (Lipinski definition) is 4. The van der Waals surface area contributed by atoms with Gasteiger partial charge in [0.2, 0.25) is 5.91 Å². The molecule has 2 N–H and O–H groups in total. The van der Waals surface area contributed by atoms with Gasteiger partial charge in [-0.3, -0.25) is 19.8 Å². The van der Waals surface area contributed by atoms with Crippen LogP contribution in [0.4, 0.5) is 4.79 Å². The average Bonchev–Trinajstić information content (AvgIpc) is 3.27. The van der Waals surface area contributed by atoms with Crippen molar-refractivity contribution in [1.29, 1.82) is 0 Å². The summed E-state index contributed by atoms with van der Waals surface area (Å²) in [5.74, 6) is 0.635. The van der Waals surface area contributed by atoms with E-state index in [9.17, 15) is 14.4 Å². The molecule has 5 aliphatic heterocycles. The lowest BCUT2D eigenvalue weighted by Gasteiger charge is -2.52. The van der Waals surface area contributed by atoms with Gasteiger partial charge in [-0.25, -0.2) is 4.79 Å². The molecule has 3 atom stereocenters. The predicted octanol–water partition coefficient (Wildman–Crippen LogP) is 1.06. The molecule has 7 rings (SSSR count). The highest BCUT2D eigenvalue weighted by Gasteiger charge is 2.61. The topological polar surface area (TPSA) is 81.8 Å². The summed E-state index contributed by atoms with van der Waals surface area (Å²) in [5.41, 5.74) is 0.461. The summed E-state index contributed by atoms with van der Waals surface area (Å²) < 4.78 is 0. The van der Waals surface area contributed by atoms with Gasteiger partial charge < -0.3 is 10.2 Å². The van der Waals surface area contributed by atoms with Crippen LogP contribution in [-0.4, -0.2) is 64.9 Å². The Bertz CT molecular complexity index is 873. The normalized spacial score (nSPS) is 42.4. The molecule has 0 radical (unpaired) electrons. The number of amides is 4. The molecule has 5 heterocycles. The number of imide groups is 1. The number of carbonyl (C=O) groups is 3. The summed E-state index contributed by atoms with van der Waals surface area (Å²) in [6.45, 7) is 3.03. The predicted molar refractivity (Wildman–Crippen MR) is 105 cm³/mol. The molecule has 1 aliphatic carbocycles. The van der Waals surface area contributed by atoms with E-state index < -0.39 is 11.6 Å². The molecule has 7 nitrogen and oxygen atoms in total. The molecule has 7 heteroatoms. The lowest BCUT2D eigenvalue weighted by molar-refractivity contribution is -0.148. The van der Waals surface area contributed by atoms with Crippen LogP contribution < -0.4 is 10.6 Å². The Kier molecular flexibility index (Phi) is 3.64. The Morgan fingerprint density at radius 3 is 2.41 bits per heavy atom. The third-order valence-corrected chi connectivity index (χ3v) is 8.06. The molecule has 6 fully saturated rings. The zero-order chi connectivity index (χ0) is 19.8. The van der Waals surface area contributed by atoms with Crippen LogP contribution in [0.25, 0.3) is 0 Å². The minimum atomic E-state index is -0.857. The third-order valence-electron chi connectivity index (χ3n) is 8.06. The summed E-state index contributed by atoms with van der Waals surface area (Å²) in [6.07, 6.45) is 3.17. The van der Waals surface area contributed by atoms with Crippen molar-refractivity contribution in [3.63, 3.8) is 0 Å². The van der Waals surface area contributed by atoms with Crippen LogP contribution in [0.2, 0.25) is 0 Å². The van der Waals surface area contributed by atoms with Crippen molar-refractivity contribution in [2.45, 2.75) is 49.2 Å². The van der Waals surface area contributed by atoms with Crippen molar-refractivity contribution in [3.8, 4) is 0 Å². The molecule has 5 saturated heterocycles. The van der Waals surface area contributed by atoms with Gasteiger partial charge in [0.25, 0.3) is 5.91 Å². The first-order chi connectivity index (χ1) is 14.1. The molecule has 6 aliphatic rings. The Morgan fingerprint density at radius 1 is 1.03 bits per heavy atom. The maximum atomic E-state index is 13.5. The number of nitrogens with zero attached hydrogens (tertiary/aromatic N) is 2. The second kappa shape index (κ2) is 6.05. The van der Waals surface area contributed by atoms with Crippen LogP contribution in [0.15, 0.2) is 30.3 Å². The molecular weight excluding hydrogens is 368 g/mol. The van der Waals surface area contributed by atoms with Gasteiger partial charge in [-0.2, -0.15) is 0 Å². The van der Waals surface area contributed by atoms with Crippen LogP contribution in [-0.2, 0) is 9.59 Å². The van der Waals surface area contributed by atoms with Gasteiger partial charge in [-0.05, 0) is 50.3 Å². The molecule has 2 bridgehead atoms. The van der Waals surface area contributed by atoms with Gasteiger partial charge in [0.1, 0.15) is 5.54 Å². The number of piperidine rings is 3. The minimum absolute atomic E-state index is 0.173. The monoisotopic (exact) mass is 394 g/mol. The quantitative estimate of drug-likeness (QED) is 0.735. The number of urea groups is 1. The highest BCUT2D eigenvalue weighted by molar-refractivity contribution is 6.08. The molecule has 1 aromatic rings. The van der Waals surface area contributed by atoms with Crippen LogP contribution in [0.5, 0.6) is 0 Å². The van der Waals surface area contributed by atoms with E-state index in [2.05, 4.69) is 44.7 Å². The summed E-state index contributed by atoms with van der Waals surface area (Å²) in [4.78, 5) is 41.9. The van der Waals surface area contributed by atoms with Crippen molar-refractivity contribution in [1.82, 2.24) is 20.4 Å². The first-order valence-electron chi connectivity index (χ1n) is 10.8. The van der Waals surface area contributed by atoms with Crippen molar-refractivity contribution in [2.75, 3.05) is 19.6 Å². The highest BCUT2D eigenvalue weighted by atomic mass is 16.2. The van der Waals surface area contributed by atoms with Crippen LogP contribution >= 0.6 is 0 Å². The Morgan fingerprint density at radius 2 is 1.76 bits per heavy atom. The van der Waals surface area contributed by atoms with Crippen LogP contribution in [0.1, 0.15) is 37.2 Å². The van der Waals surface area contributed by atoms with E-state index in [1.165, 1.54) is 18.4 Å². The number of benzene rings is 1. The van der Waals surface area contributed by atoms with E-state index in [0.29, 0.717) is 30.7 Å². The second-order valence-electron chi connectivity index (χ2n) is 9.46. The number of hydrogen-bond donors (Lipinski definition) is 2. The SMILES string of the molecule is O=C1NC(=O)C2(CC(C(=O)N3C[C@@H](c4ccccc4)[C@@H]4[C@H]3C3CCN4CC3)C2)N1. The van der Waals surface area contributed by atoms with Gasteiger partial charge in [0, 0.05) is 24.4 Å². The first-order valence-corrected chi connectivity index (χ1v) is 10.8. The lowest BCUT2D eigenvalue weighted by atomic mass is 9.67. The van der Waals surface area contributed by atoms with Crippen molar-refractivity contribution < 1.29 is 14.4 Å². The molecule has 1 spiro atoms. The number of fused-ring (bicyclic) bond motifs is 2. The van der Waals surface area contributed by atoms with Gasteiger partial charge in [-0.15, -0.1) is 0 Å². The molecule has 1 aromatic carbocycles. The fourth-order valence-electron chi connectivity index (χ4n) is 6.67. The highest BCUT2D eigenvalue weighted by Crippen LogP contribution is 2.49. The Hall–Kier alpha value is -2.41. The second-order valence-corrected chi connectivity index (χ2v) is 9.46. The van der Waals surface area contributed by atoms with E-state index >= 15 is 0 Å². The van der Waals surface area contributed by atoms with Gasteiger partial charge in [-0.1, -0.05) is 30.3 Å². The molecule has 0 aromatic heterocycles. The molecule has 1 saturated carbocycles. The molecule has 29 heavy (non-hydrogen) atoms. The Balaban J connectivity index is 1.26. The van der Waals surface area contributed by atoms with E-state index in [1.54, 1.807) is 0 Å². The summed E-state index contributed by atoms with van der Waals surface area (Å²) in [6, 6.07) is 10.8. The summed E-state index contributed by atoms with van der Waals surface area (Å²) in [5, 5.41) is 5.05. The maximum absolute atomic E-state index is 13.5. The minimum Gasteiger partial charge on any atom is -0.337 e. The number of rotatable bonds is 2. The molecule has 4 amide bonds. The Labute approximate surface area is 169 Å². The van der Waals surface area contributed by atoms with Crippen molar-refractivity contribution in [3.05, 3.63) is 35.9 Å². The third kappa shape index (κ3) is 2.43. The largest absolute Gasteiger partial charge is 0.337 e. The van der Waals surface area contributed by atoms with E-state index in [4.69, 9.17) is 0 Å². The number of likely N-dealkylation sites (tertiary alicyclic amines) is 1. The maximum Gasteiger partial charge on any atom is 0.322 e. The molecule has 152 valence electrons.